The summed E-state index contributed by atoms with van der Waals surface area (Å²) < 4.78 is 16.4. The molecule has 1 N–H and O–H groups in total. The van der Waals surface area contributed by atoms with Gasteiger partial charge in [-0.15, -0.1) is 6.58 Å². The molecule has 4 nitrogen and oxygen atoms in total. The van der Waals surface area contributed by atoms with Gasteiger partial charge in [0, 0.05) is 13.2 Å². The lowest BCUT2D eigenvalue weighted by molar-refractivity contribution is -0.0388. The average Bonchev–Trinajstić information content (AvgIpc) is 3.31. The van der Waals surface area contributed by atoms with Crippen LogP contribution in [0.25, 0.3) is 0 Å². The molecule has 1 aliphatic rings. The molecule has 1 heterocycles. The van der Waals surface area contributed by atoms with Crippen molar-refractivity contribution in [2.45, 2.75) is 31.3 Å². The van der Waals surface area contributed by atoms with E-state index in [-0.39, 0.29) is 12.2 Å². The van der Waals surface area contributed by atoms with Crippen LogP contribution in [0.15, 0.2) is 43.0 Å². The van der Waals surface area contributed by atoms with Crippen LogP contribution in [0.3, 0.4) is 0 Å². The van der Waals surface area contributed by atoms with Crippen LogP contribution >= 0.6 is 0 Å². The van der Waals surface area contributed by atoms with Gasteiger partial charge in [-0.05, 0) is 12.0 Å². The Balaban J connectivity index is 1.55. The molecule has 0 spiro atoms. The Bertz CT molecular complexity index is 389. The molecule has 0 aromatic heterocycles. The normalized spacial score (nSPS) is 20.4. The molecule has 0 bridgehead atoms. The topological polar surface area (TPSA) is 51.2 Å². The van der Waals surface area contributed by atoms with E-state index in [0.29, 0.717) is 26.4 Å². The third-order valence-electron chi connectivity index (χ3n) is 3.16. The zero-order valence-corrected chi connectivity index (χ0v) is 11.6. The molecule has 0 amide bonds. The van der Waals surface area contributed by atoms with Gasteiger partial charge in [-0.25, -0.2) is 0 Å². The largest absolute Gasteiger partial charge is 0.386 e. The van der Waals surface area contributed by atoms with Crippen LogP contribution in [-0.2, 0) is 20.8 Å². The van der Waals surface area contributed by atoms with Crippen molar-refractivity contribution < 1.29 is 19.3 Å². The van der Waals surface area contributed by atoms with Crippen molar-refractivity contribution in [1.29, 1.82) is 0 Å². The molecule has 110 valence electrons. The number of rotatable bonds is 10. The van der Waals surface area contributed by atoms with E-state index < -0.39 is 6.10 Å². The lowest BCUT2D eigenvalue weighted by Crippen LogP contribution is -2.33. The van der Waals surface area contributed by atoms with E-state index in [4.69, 9.17) is 14.2 Å². The predicted molar refractivity (Wildman–Crippen MR) is 76.4 cm³/mol. The van der Waals surface area contributed by atoms with E-state index >= 15 is 0 Å². The lowest BCUT2D eigenvalue weighted by atomic mass is 10.1. The maximum atomic E-state index is 9.73. The maximum Gasteiger partial charge on any atom is 0.115 e. The fraction of sp³-hybridized carbons (Fsp3) is 0.500. The Morgan fingerprint density at radius 1 is 1.35 bits per heavy atom. The summed E-state index contributed by atoms with van der Waals surface area (Å²) in [6.07, 6.45) is 1.31. The predicted octanol–water partition coefficient (Wildman–Crippen LogP) is 1.92. The fourth-order valence-electron chi connectivity index (χ4n) is 1.95. The highest BCUT2D eigenvalue weighted by Crippen LogP contribution is 2.20. The minimum atomic E-state index is -0.673. The second kappa shape index (κ2) is 8.17. The number of hydrogen-bond donors (Lipinski definition) is 1. The van der Waals surface area contributed by atoms with Gasteiger partial charge in [0.05, 0.1) is 13.2 Å². The van der Waals surface area contributed by atoms with E-state index in [1.165, 1.54) is 11.6 Å². The first-order chi connectivity index (χ1) is 9.81. The molecule has 4 heteroatoms. The van der Waals surface area contributed by atoms with Gasteiger partial charge in [-0.2, -0.15) is 0 Å². The summed E-state index contributed by atoms with van der Waals surface area (Å²) in [4.78, 5) is 0. The quantitative estimate of drug-likeness (QED) is 0.403. The van der Waals surface area contributed by atoms with Crippen LogP contribution in [0, 0.1) is 0 Å². The van der Waals surface area contributed by atoms with Crippen LogP contribution in [0.1, 0.15) is 12.0 Å². The molecule has 0 aliphatic carbocycles. The van der Waals surface area contributed by atoms with E-state index in [1.807, 2.05) is 30.3 Å². The van der Waals surface area contributed by atoms with Crippen molar-refractivity contribution in [3.05, 3.63) is 48.6 Å². The van der Waals surface area contributed by atoms with Gasteiger partial charge >= 0.3 is 0 Å². The van der Waals surface area contributed by atoms with Gasteiger partial charge in [0.25, 0.3) is 0 Å². The Kier molecular flexibility index (Phi) is 6.21. The van der Waals surface area contributed by atoms with Gasteiger partial charge < -0.3 is 19.3 Å². The van der Waals surface area contributed by atoms with Crippen molar-refractivity contribution >= 4 is 0 Å². The standard InChI is InChI=1S/C16H22O4/c1-2-14(17)16(15-12-20-15)19-10-6-9-18-11-13-7-4-3-5-8-13/h2-5,7-8,14-17H,1,6,9-12H2/t14-,15+,16+/m1/s1. The number of aliphatic hydroxyl groups excluding tert-OH is 1. The second-order valence-corrected chi connectivity index (χ2v) is 4.83. The summed E-state index contributed by atoms with van der Waals surface area (Å²) >= 11 is 0. The molecule has 0 unspecified atom stereocenters. The summed E-state index contributed by atoms with van der Waals surface area (Å²) in [7, 11) is 0. The highest BCUT2D eigenvalue weighted by Gasteiger charge is 2.37. The Labute approximate surface area is 120 Å². The van der Waals surface area contributed by atoms with Crippen LogP contribution in [0.5, 0.6) is 0 Å². The summed E-state index contributed by atoms with van der Waals surface area (Å²) in [6.45, 7) is 6.02. The van der Waals surface area contributed by atoms with Crippen molar-refractivity contribution in [3.63, 3.8) is 0 Å². The fourth-order valence-corrected chi connectivity index (χ4v) is 1.95. The molecular weight excluding hydrogens is 256 g/mol. The number of epoxide rings is 1. The highest BCUT2D eigenvalue weighted by molar-refractivity contribution is 5.13. The van der Waals surface area contributed by atoms with Crippen LogP contribution in [-0.4, -0.2) is 43.2 Å². The number of aliphatic hydroxyl groups is 1. The summed E-state index contributed by atoms with van der Waals surface area (Å²) in [5, 5.41) is 9.73. The summed E-state index contributed by atoms with van der Waals surface area (Å²) in [6, 6.07) is 10.1. The minimum absolute atomic E-state index is 0.00763. The highest BCUT2D eigenvalue weighted by atomic mass is 16.6. The van der Waals surface area contributed by atoms with Gasteiger partial charge in [0.1, 0.15) is 18.3 Å². The molecule has 1 aliphatic heterocycles. The molecule has 0 saturated carbocycles. The summed E-state index contributed by atoms with van der Waals surface area (Å²) in [5.41, 5.74) is 1.17. The van der Waals surface area contributed by atoms with E-state index in [1.54, 1.807) is 0 Å². The van der Waals surface area contributed by atoms with E-state index in [0.717, 1.165) is 6.42 Å². The maximum absolute atomic E-state index is 9.73. The molecule has 0 radical (unpaired) electrons. The smallest absolute Gasteiger partial charge is 0.115 e. The van der Waals surface area contributed by atoms with Crippen LogP contribution in [0.4, 0.5) is 0 Å². The zero-order chi connectivity index (χ0) is 14.2. The van der Waals surface area contributed by atoms with Crippen molar-refractivity contribution in [2.75, 3.05) is 19.8 Å². The number of ether oxygens (including phenoxy) is 3. The van der Waals surface area contributed by atoms with Gasteiger partial charge in [0.15, 0.2) is 0 Å². The lowest BCUT2D eigenvalue weighted by Gasteiger charge is -2.19. The van der Waals surface area contributed by atoms with Crippen molar-refractivity contribution in [3.8, 4) is 0 Å². The molecule has 1 aromatic carbocycles. The van der Waals surface area contributed by atoms with Gasteiger partial charge in [0.2, 0.25) is 0 Å². The molecule has 1 fully saturated rings. The molecule has 20 heavy (non-hydrogen) atoms. The third-order valence-corrected chi connectivity index (χ3v) is 3.16. The second-order valence-electron chi connectivity index (χ2n) is 4.83. The van der Waals surface area contributed by atoms with Crippen LogP contribution in [0.2, 0.25) is 0 Å². The molecular formula is C16H22O4. The van der Waals surface area contributed by atoms with Crippen molar-refractivity contribution in [2.24, 2.45) is 0 Å². The van der Waals surface area contributed by atoms with Gasteiger partial charge in [-0.3, -0.25) is 0 Å². The van der Waals surface area contributed by atoms with E-state index in [9.17, 15) is 5.11 Å². The SMILES string of the molecule is C=C[C@@H](O)[C@H](OCCCOCc1ccccc1)[C@@H]1CO1. The zero-order valence-electron chi connectivity index (χ0n) is 11.6. The Morgan fingerprint density at radius 3 is 2.75 bits per heavy atom. The number of benzene rings is 1. The average molecular weight is 278 g/mol. The first-order valence-electron chi connectivity index (χ1n) is 6.97. The Morgan fingerprint density at radius 2 is 2.10 bits per heavy atom. The first-order valence-corrected chi connectivity index (χ1v) is 6.97. The van der Waals surface area contributed by atoms with Crippen LogP contribution < -0.4 is 0 Å². The monoisotopic (exact) mass is 278 g/mol. The minimum Gasteiger partial charge on any atom is -0.386 e. The first kappa shape index (κ1) is 15.2. The number of hydrogen-bond acceptors (Lipinski definition) is 4. The molecule has 1 aromatic rings. The third kappa shape index (κ3) is 5.06. The molecule has 3 atom stereocenters. The van der Waals surface area contributed by atoms with Crippen molar-refractivity contribution in [1.82, 2.24) is 0 Å². The van der Waals surface area contributed by atoms with E-state index in [2.05, 4.69) is 6.58 Å². The summed E-state index contributed by atoms with van der Waals surface area (Å²) in [5.74, 6) is 0. The Hall–Kier alpha value is -1.20. The molecule has 1 saturated heterocycles. The van der Waals surface area contributed by atoms with Gasteiger partial charge in [-0.1, -0.05) is 36.4 Å². The molecule has 2 rings (SSSR count).